The quantitative estimate of drug-likeness (QED) is 0.593. The fourth-order valence-corrected chi connectivity index (χ4v) is 3.68. The maximum absolute atomic E-state index is 12.7. The van der Waals surface area contributed by atoms with Gasteiger partial charge in [0.25, 0.3) is 15.9 Å². The number of pyridine rings is 1. The lowest BCUT2D eigenvalue weighted by atomic mass is 10.2. The van der Waals surface area contributed by atoms with Crippen LogP contribution in [0.5, 0.6) is 5.75 Å². The van der Waals surface area contributed by atoms with Gasteiger partial charge in [-0.05, 0) is 61.5 Å². The van der Waals surface area contributed by atoms with E-state index in [2.05, 4.69) is 15.0 Å². The summed E-state index contributed by atoms with van der Waals surface area (Å²) in [5, 5.41) is 2.73. The average Bonchev–Trinajstić information content (AvgIpc) is 2.74. The van der Waals surface area contributed by atoms with Gasteiger partial charge in [-0.15, -0.1) is 0 Å². The lowest BCUT2D eigenvalue weighted by Crippen LogP contribution is -2.23. The summed E-state index contributed by atoms with van der Waals surface area (Å²) in [6.45, 7) is 2.65. The highest BCUT2D eigenvalue weighted by molar-refractivity contribution is 7.92. The molecule has 7 nitrogen and oxygen atoms in total. The maximum atomic E-state index is 12.7. The first-order valence-corrected chi connectivity index (χ1v) is 10.5. The molecule has 2 aromatic carbocycles. The van der Waals surface area contributed by atoms with Crippen molar-refractivity contribution in [2.75, 3.05) is 11.3 Å². The highest BCUT2D eigenvalue weighted by Crippen LogP contribution is 2.20. The van der Waals surface area contributed by atoms with Gasteiger partial charge in [-0.25, -0.2) is 8.42 Å². The van der Waals surface area contributed by atoms with Crippen LogP contribution in [0.4, 0.5) is 5.69 Å². The third-order valence-electron chi connectivity index (χ3n) is 3.98. The first-order valence-electron chi connectivity index (χ1n) is 9.02. The standard InChI is InChI=1S/C21H21N3O4S/c1-2-28-19-11-9-17(10-12-19)24-29(26,27)20-8-5-6-16(14-20)21(25)23-15-18-7-3-4-13-22-18/h3-14,24H,2,15H2,1H3,(H,23,25). The minimum Gasteiger partial charge on any atom is -0.494 e. The van der Waals surface area contributed by atoms with Crippen LogP contribution >= 0.6 is 0 Å². The Hall–Kier alpha value is -3.39. The Morgan fingerprint density at radius 2 is 1.83 bits per heavy atom. The van der Waals surface area contributed by atoms with Crippen LogP contribution in [0.1, 0.15) is 23.0 Å². The fraction of sp³-hybridized carbons (Fsp3) is 0.143. The van der Waals surface area contributed by atoms with Gasteiger partial charge in [0.05, 0.1) is 23.7 Å². The van der Waals surface area contributed by atoms with E-state index in [1.165, 1.54) is 18.2 Å². The average molecular weight is 411 g/mol. The van der Waals surface area contributed by atoms with Crippen molar-refractivity contribution < 1.29 is 17.9 Å². The molecule has 0 radical (unpaired) electrons. The third-order valence-corrected chi connectivity index (χ3v) is 5.36. The van der Waals surface area contributed by atoms with Crippen molar-refractivity contribution in [1.29, 1.82) is 0 Å². The molecule has 0 aliphatic heterocycles. The molecule has 0 aliphatic rings. The number of nitrogens with one attached hydrogen (secondary N) is 2. The normalized spacial score (nSPS) is 10.9. The molecule has 0 atom stereocenters. The van der Waals surface area contributed by atoms with Gasteiger partial charge in [-0.1, -0.05) is 12.1 Å². The SMILES string of the molecule is CCOc1ccc(NS(=O)(=O)c2cccc(C(=O)NCc3ccccn3)c2)cc1. The molecule has 0 saturated carbocycles. The number of ether oxygens (including phenoxy) is 1. The maximum Gasteiger partial charge on any atom is 0.261 e. The van der Waals surface area contributed by atoms with Crippen LogP contribution in [0.15, 0.2) is 77.8 Å². The minimum absolute atomic E-state index is 0.00290. The molecule has 0 spiro atoms. The van der Waals surface area contributed by atoms with Gasteiger partial charge in [0.15, 0.2) is 0 Å². The van der Waals surface area contributed by atoms with Crippen molar-refractivity contribution in [2.45, 2.75) is 18.4 Å². The van der Waals surface area contributed by atoms with Crippen molar-refractivity contribution in [3.63, 3.8) is 0 Å². The first kappa shape index (κ1) is 20.3. The van der Waals surface area contributed by atoms with E-state index < -0.39 is 10.0 Å². The van der Waals surface area contributed by atoms with Crippen LogP contribution in [-0.2, 0) is 16.6 Å². The van der Waals surface area contributed by atoms with Crippen molar-refractivity contribution in [3.8, 4) is 5.75 Å². The largest absolute Gasteiger partial charge is 0.494 e. The number of hydrogen-bond donors (Lipinski definition) is 2. The Morgan fingerprint density at radius 1 is 1.03 bits per heavy atom. The molecule has 0 saturated heterocycles. The number of carbonyl (C=O) groups excluding carboxylic acids is 1. The molecule has 2 N–H and O–H groups in total. The molecule has 3 aromatic rings. The molecule has 29 heavy (non-hydrogen) atoms. The van der Waals surface area contributed by atoms with Gasteiger partial charge >= 0.3 is 0 Å². The number of rotatable bonds is 8. The number of aromatic nitrogens is 1. The lowest BCUT2D eigenvalue weighted by molar-refractivity contribution is 0.0950. The van der Waals surface area contributed by atoms with Crippen LogP contribution in [0.2, 0.25) is 0 Å². The van der Waals surface area contributed by atoms with Crippen LogP contribution in [0.3, 0.4) is 0 Å². The Balaban J connectivity index is 1.70. The summed E-state index contributed by atoms with van der Waals surface area (Å²) in [6.07, 6.45) is 1.64. The number of carbonyl (C=O) groups is 1. The van der Waals surface area contributed by atoms with Crippen molar-refractivity contribution in [2.24, 2.45) is 0 Å². The summed E-state index contributed by atoms with van der Waals surface area (Å²) in [6, 6.07) is 17.9. The second-order valence-corrected chi connectivity index (χ2v) is 7.78. The van der Waals surface area contributed by atoms with Gasteiger partial charge in [0, 0.05) is 17.4 Å². The monoisotopic (exact) mass is 411 g/mol. The molecule has 0 fully saturated rings. The zero-order chi connectivity index (χ0) is 20.7. The molecule has 1 aromatic heterocycles. The van der Waals surface area contributed by atoms with E-state index in [0.29, 0.717) is 23.7 Å². The Morgan fingerprint density at radius 3 is 2.52 bits per heavy atom. The van der Waals surface area contributed by atoms with Gasteiger partial charge in [0.1, 0.15) is 5.75 Å². The van der Waals surface area contributed by atoms with Crippen molar-refractivity contribution in [3.05, 3.63) is 84.2 Å². The van der Waals surface area contributed by atoms with E-state index >= 15 is 0 Å². The van der Waals surface area contributed by atoms with Crippen LogP contribution in [0, 0.1) is 0 Å². The summed E-state index contributed by atoms with van der Waals surface area (Å²) in [4.78, 5) is 16.5. The summed E-state index contributed by atoms with van der Waals surface area (Å²) < 4.78 is 33.2. The second-order valence-electron chi connectivity index (χ2n) is 6.09. The molecule has 8 heteroatoms. The highest BCUT2D eigenvalue weighted by atomic mass is 32.2. The van der Waals surface area contributed by atoms with Crippen LogP contribution < -0.4 is 14.8 Å². The summed E-state index contributed by atoms with van der Waals surface area (Å²) in [7, 11) is -3.84. The highest BCUT2D eigenvalue weighted by Gasteiger charge is 2.16. The summed E-state index contributed by atoms with van der Waals surface area (Å²) in [5.41, 5.74) is 1.36. The van der Waals surface area contributed by atoms with Gasteiger partial charge in [0.2, 0.25) is 0 Å². The molecule has 150 valence electrons. The van der Waals surface area contributed by atoms with Crippen LogP contribution in [0.25, 0.3) is 0 Å². The van der Waals surface area contributed by atoms with E-state index in [1.807, 2.05) is 13.0 Å². The fourth-order valence-electron chi connectivity index (χ4n) is 2.58. The Bertz CT molecular complexity index is 1070. The predicted octanol–water partition coefficient (Wildman–Crippen LogP) is 3.21. The Labute approximate surface area is 169 Å². The van der Waals surface area contributed by atoms with E-state index in [4.69, 9.17) is 4.74 Å². The van der Waals surface area contributed by atoms with Gasteiger partial charge in [-0.2, -0.15) is 0 Å². The third kappa shape index (κ3) is 5.55. The zero-order valence-corrected chi connectivity index (χ0v) is 16.6. The minimum atomic E-state index is -3.84. The van der Waals surface area contributed by atoms with E-state index in [0.717, 1.165) is 0 Å². The number of hydrogen-bond acceptors (Lipinski definition) is 5. The summed E-state index contributed by atoms with van der Waals surface area (Å²) >= 11 is 0. The number of sulfonamides is 1. The van der Waals surface area contributed by atoms with Gasteiger partial charge in [-0.3, -0.25) is 14.5 Å². The van der Waals surface area contributed by atoms with Crippen LogP contribution in [-0.4, -0.2) is 25.9 Å². The molecule has 0 unspecified atom stereocenters. The molecular weight excluding hydrogens is 390 g/mol. The van der Waals surface area contributed by atoms with Gasteiger partial charge < -0.3 is 10.1 Å². The topological polar surface area (TPSA) is 97.4 Å². The molecule has 1 amide bonds. The lowest BCUT2D eigenvalue weighted by Gasteiger charge is -2.10. The molecular formula is C21H21N3O4S. The summed E-state index contributed by atoms with van der Waals surface area (Å²) in [5.74, 6) is 0.274. The number of anilines is 1. The van der Waals surface area contributed by atoms with E-state index in [9.17, 15) is 13.2 Å². The number of amides is 1. The van der Waals surface area contributed by atoms with Crippen molar-refractivity contribution >= 4 is 21.6 Å². The first-order chi connectivity index (χ1) is 14.0. The van der Waals surface area contributed by atoms with Crippen molar-refractivity contribution in [1.82, 2.24) is 10.3 Å². The molecule has 3 rings (SSSR count). The molecule has 1 heterocycles. The smallest absolute Gasteiger partial charge is 0.261 e. The molecule has 0 bridgehead atoms. The van der Waals surface area contributed by atoms with E-state index in [1.54, 1.807) is 48.7 Å². The number of benzene rings is 2. The second kappa shape index (κ2) is 9.20. The zero-order valence-electron chi connectivity index (χ0n) is 15.8. The molecule has 0 aliphatic carbocycles. The predicted molar refractivity (Wildman–Crippen MR) is 110 cm³/mol. The Kier molecular flexibility index (Phi) is 6.46. The van der Waals surface area contributed by atoms with E-state index in [-0.39, 0.29) is 22.9 Å². The number of nitrogens with zero attached hydrogens (tertiary/aromatic N) is 1.